The zero-order valence-corrected chi connectivity index (χ0v) is 10.8. The molecule has 4 N–H and O–H groups in total. The maximum absolute atomic E-state index is 11.0. The molecule has 17 heavy (non-hydrogen) atoms. The fourth-order valence-electron chi connectivity index (χ4n) is 1.96. The minimum Gasteiger partial charge on any atom is -0.496 e. The molecule has 94 valence electrons. The normalized spacial score (nSPS) is 12.3. The number of ether oxygens (including phenoxy) is 1. The number of hydrogen-bond acceptors (Lipinski definition) is 3. The number of benzene rings is 1. The molecule has 0 aliphatic heterocycles. The van der Waals surface area contributed by atoms with Crippen LogP contribution in [0.4, 0.5) is 0 Å². The monoisotopic (exact) mass is 236 g/mol. The van der Waals surface area contributed by atoms with Gasteiger partial charge >= 0.3 is 0 Å². The second kappa shape index (κ2) is 5.19. The lowest BCUT2D eigenvalue weighted by Crippen LogP contribution is -2.38. The highest BCUT2D eigenvalue weighted by atomic mass is 16.5. The summed E-state index contributed by atoms with van der Waals surface area (Å²) >= 11 is 0. The molecular formula is C13H20N2O2. The first kappa shape index (κ1) is 13.5. The number of aryl methyl sites for hydroxylation is 2. The van der Waals surface area contributed by atoms with Gasteiger partial charge in [-0.2, -0.15) is 0 Å². The van der Waals surface area contributed by atoms with Gasteiger partial charge in [-0.3, -0.25) is 4.79 Å². The van der Waals surface area contributed by atoms with Crippen molar-refractivity contribution in [2.24, 2.45) is 11.5 Å². The van der Waals surface area contributed by atoms with Crippen LogP contribution in [-0.4, -0.2) is 19.1 Å². The summed E-state index contributed by atoms with van der Waals surface area (Å²) in [7, 11) is 1.63. The van der Waals surface area contributed by atoms with E-state index in [9.17, 15) is 4.79 Å². The molecule has 1 aromatic rings. The van der Waals surface area contributed by atoms with Crippen molar-refractivity contribution in [3.8, 4) is 5.75 Å². The molecule has 1 rings (SSSR count). The summed E-state index contributed by atoms with van der Waals surface area (Å²) in [6.45, 7) is 6.01. The van der Waals surface area contributed by atoms with E-state index in [2.05, 4.69) is 6.07 Å². The molecule has 1 amide bonds. The second-order valence-corrected chi connectivity index (χ2v) is 4.36. The lowest BCUT2D eigenvalue weighted by molar-refractivity contribution is -0.119. The Labute approximate surface area is 102 Å². The Morgan fingerprint density at radius 3 is 2.41 bits per heavy atom. The first-order chi connectivity index (χ1) is 7.88. The van der Waals surface area contributed by atoms with Crippen molar-refractivity contribution in [1.82, 2.24) is 0 Å². The van der Waals surface area contributed by atoms with Crippen molar-refractivity contribution in [3.63, 3.8) is 0 Å². The molecule has 1 atom stereocenters. The second-order valence-electron chi connectivity index (χ2n) is 4.36. The molecule has 0 radical (unpaired) electrons. The van der Waals surface area contributed by atoms with Gasteiger partial charge in [0.1, 0.15) is 5.75 Å². The number of hydrogen-bond donors (Lipinski definition) is 2. The number of amides is 1. The molecule has 0 aromatic heterocycles. The molecule has 0 heterocycles. The third-order valence-electron chi connectivity index (χ3n) is 3.11. The first-order valence-electron chi connectivity index (χ1n) is 5.57. The van der Waals surface area contributed by atoms with Crippen LogP contribution in [0.2, 0.25) is 0 Å². The van der Waals surface area contributed by atoms with Gasteiger partial charge in [-0.05, 0) is 43.0 Å². The van der Waals surface area contributed by atoms with Crippen molar-refractivity contribution in [2.75, 3.05) is 7.11 Å². The smallest absolute Gasteiger partial charge is 0.234 e. The third kappa shape index (κ3) is 2.77. The van der Waals surface area contributed by atoms with Crippen LogP contribution in [0.3, 0.4) is 0 Å². The molecule has 4 nitrogen and oxygen atoms in total. The lowest BCUT2D eigenvalue weighted by Gasteiger charge is -2.18. The minimum atomic E-state index is -0.676. The van der Waals surface area contributed by atoms with Gasteiger partial charge in [0.2, 0.25) is 5.91 Å². The van der Waals surface area contributed by atoms with Gasteiger partial charge in [-0.25, -0.2) is 0 Å². The van der Waals surface area contributed by atoms with Gasteiger partial charge in [-0.15, -0.1) is 0 Å². The van der Waals surface area contributed by atoms with Crippen LogP contribution in [-0.2, 0) is 11.2 Å². The highest BCUT2D eigenvalue weighted by Crippen LogP contribution is 2.30. The summed E-state index contributed by atoms with van der Waals surface area (Å²) in [6.07, 6.45) is 0.408. The molecule has 1 aromatic carbocycles. The molecule has 0 spiro atoms. The first-order valence-corrected chi connectivity index (χ1v) is 5.57. The standard InChI is InChI=1S/C13H20N2O2/c1-7-5-8(2)10(6-11(14)13(15)16)12(17-4)9(7)3/h5,11H,6,14H2,1-4H3,(H2,15,16). The number of carbonyl (C=O) groups is 1. The van der Waals surface area contributed by atoms with Crippen LogP contribution >= 0.6 is 0 Å². The largest absolute Gasteiger partial charge is 0.496 e. The molecule has 0 saturated heterocycles. The average Bonchev–Trinajstić information content (AvgIpc) is 2.26. The molecule has 0 aliphatic carbocycles. The summed E-state index contributed by atoms with van der Waals surface area (Å²) < 4.78 is 5.41. The maximum atomic E-state index is 11.0. The summed E-state index contributed by atoms with van der Waals surface area (Å²) in [4.78, 5) is 11.0. The summed E-state index contributed by atoms with van der Waals surface area (Å²) in [5.74, 6) is 0.309. The Balaban J connectivity index is 3.22. The van der Waals surface area contributed by atoms with Gasteiger partial charge < -0.3 is 16.2 Å². The van der Waals surface area contributed by atoms with E-state index in [0.717, 1.165) is 28.0 Å². The zero-order chi connectivity index (χ0) is 13.2. The average molecular weight is 236 g/mol. The van der Waals surface area contributed by atoms with E-state index >= 15 is 0 Å². The van der Waals surface area contributed by atoms with Gasteiger partial charge in [-0.1, -0.05) is 6.07 Å². The van der Waals surface area contributed by atoms with Crippen LogP contribution in [0, 0.1) is 20.8 Å². The van der Waals surface area contributed by atoms with E-state index in [1.165, 1.54) is 0 Å². The predicted molar refractivity (Wildman–Crippen MR) is 68.1 cm³/mol. The molecule has 0 aliphatic rings. The molecule has 0 fully saturated rings. The van der Waals surface area contributed by atoms with Crippen LogP contribution < -0.4 is 16.2 Å². The minimum absolute atomic E-state index is 0.408. The van der Waals surface area contributed by atoms with Crippen LogP contribution in [0.5, 0.6) is 5.75 Å². The van der Waals surface area contributed by atoms with Crippen molar-refractivity contribution >= 4 is 5.91 Å². The molecule has 1 unspecified atom stereocenters. The molecule has 0 bridgehead atoms. The van der Waals surface area contributed by atoms with E-state index in [-0.39, 0.29) is 0 Å². The van der Waals surface area contributed by atoms with Crippen LogP contribution in [0.1, 0.15) is 22.3 Å². The Morgan fingerprint density at radius 1 is 1.35 bits per heavy atom. The van der Waals surface area contributed by atoms with Gasteiger partial charge in [0.25, 0.3) is 0 Å². The van der Waals surface area contributed by atoms with E-state index in [0.29, 0.717) is 6.42 Å². The van der Waals surface area contributed by atoms with Crippen molar-refractivity contribution in [3.05, 3.63) is 28.3 Å². The van der Waals surface area contributed by atoms with Crippen molar-refractivity contribution < 1.29 is 9.53 Å². The fraction of sp³-hybridized carbons (Fsp3) is 0.462. The summed E-state index contributed by atoms with van der Waals surface area (Å²) in [5.41, 5.74) is 15.2. The Kier molecular flexibility index (Phi) is 4.12. The summed E-state index contributed by atoms with van der Waals surface area (Å²) in [6, 6.07) is 1.39. The van der Waals surface area contributed by atoms with Gasteiger partial charge in [0.15, 0.2) is 0 Å². The highest BCUT2D eigenvalue weighted by Gasteiger charge is 2.17. The van der Waals surface area contributed by atoms with Crippen molar-refractivity contribution in [1.29, 1.82) is 0 Å². The summed E-state index contributed by atoms with van der Waals surface area (Å²) in [5, 5.41) is 0. The van der Waals surface area contributed by atoms with E-state index in [1.807, 2.05) is 20.8 Å². The molecule has 4 heteroatoms. The third-order valence-corrected chi connectivity index (χ3v) is 3.11. The number of primary amides is 1. The van der Waals surface area contributed by atoms with E-state index in [1.54, 1.807) is 7.11 Å². The van der Waals surface area contributed by atoms with Crippen LogP contribution in [0.25, 0.3) is 0 Å². The van der Waals surface area contributed by atoms with Crippen molar-refractivity contribution in [2.45, 2.75) is 33.2 Å². The molecule has 0 saturated carbocycles. The predicted octanol–water partition coefficient (Wildman–Crippen LogP) is 0.976. The Hall–Kier alpha value is -1.55. The lowest BCUT2D eigenvalue weighted by atomic mass is 9.94. The van der Waals surface area contributed by atoms with E-state index in [4.69, 9.17) is 16.2 Å². The zero-order valence-electron chi connectivity index (χ0n) is 10.8. The Bertz CT molecular complexity index is 442. The number of methoxy groups -OCH3 is 1. The number of nitrogens with two attached hydrogens (primary N) is 2. The number of rotatable bonds is 4. The Morgan fingerprint density at radius 2 is 1.94 bits per heavy atom. The maximum Gasteiger partial charge on any atom is 0.234 e. The number of carbonyl (C=O) groups excluding carboxylic acids is 1. The van der Waals surface area contributed by atoms with Gasteiger partial charge in [0, 0.05) is 6.42 Å². The fourth-order valence-corrected chi connectivity index (χ4v) is 1.96. The topological polar surface area (TPSA) is 78.3 Å². The highest BCUT2D eigenvalue weighted by molar-refractivity contribution is 5.80. The quantitative estimate of drug-likeness (QED) is 0.817. The van der Waals surface area contributed by atoms with Crippen LogP contribution in [0.15, 0.2) is 6.07 Å². The SMILES string of the molecule is COc1c(C)c(C)cc(C)c1CC(N)C(N)=O. The van der Waals surface area contributed by atoms with Gasteiger partial charge in [0.05, 0.1) is 13.2 Å². The van der Waals surface area contributed by atoms with E-state index < -0.39 is 11.9 Å². The molecular weight excluding hydrogens is 216 g/mol.